The molecule has 2 N–H and O–H groups in total. The number of carboxylic acid groups (broad SMARTS) is 1. The maximum absolute atomic E-state index is 10.1. The quantitative estimate of drug-likeness (QED) is 0.316. The van der Waals surface area contributed by atoms with Gasteiger partial charge in [-0.25, -0.2) is 0 Å². The standard InChI is InChI=1S/C11H23NO4Si/c1-17-10-2-4-12-5-7-16-9-8-15-6-3-11(13)14/h12H,2-10H2,1H3,(H,13,14). The molecule has 0 aliphatic heterocycles. The molecule has 0 heterocycles. The number of aliphatic carboxylic acids is 1. The number of carbonyl (C=O) groups is 1. The van der Waals surface area contributed by atoms with Crippen molar-refractivity contribution in [3.8, 4) is 0 Å². The third-order valence-corrected chi connectivity index (χ3v) is 2.98. The number of hydrogen-bond acceptors (Lipinski definition) is 4. The molecule has 6 heteroatoms. The van der Waals surface area contributed by atoms with Crippen LogP contribution in [0, 0.1) is 0 Å². The summed E-state index contributed by atoms with van der Waals surface area (Å²) >= 11 is 0. The topological polar surface area (TPSA) is 75.2 Å². The van der Waals surface area contributed by atoms with Crippen molar-refractivity contribution in [2.75, 3.05) is 39.5 Å². The minimum atomic E-state index is -1.08. The van der Waals surface area contributed by atoms with Crippen molar-refractivity contribution in [1.29, 1.82) is 0 Å². The van der Waals surface area contributed by atoms with E-state index in [9.17, 15) is 9.90 Å². The Morgan fingerprint density at radius 3 is 2.53 bits per heavy atom. The van der Waals surface area contributed by atoms with Crippen LogP contribution in [0.1, 0.15) is 12.8 Å². The molecule has 0 aromatic heterocycles. The fraction of sp³-hybridized carbons (Fsp3) is 0.909. The average Bonchev–Trinajstić information content (AvgIpc) is 2.30. The molecule has 0 aromatic carbocycles. The normalized spacial score (nSPS) is 10.6. The van der Waals surface area contributed by atoms with E-state index in [1.165, 1.54) is 19.0 Å². The van der Waals surface area contributed by atoms with Crippen LogP contribution >= 0.6 is 0 Å². The maximum Gasteiger partial charge on any atom is 0.0993 e. The fourth-order valence-electron chi connectivity index (χ4n) is 1.21. The zero-order valence-electron chi connectivity index (χ0n) is 10.6. The lowest BCUT2D eigenvalue weighted by atomic mass is 10.5. The van der Waals surface area contributed by atoms with Crippen molar-refractivity contribution in [3.63, 3.8) is 0 Å². The molecule has 0 amide bonds. The van der Waals surface area contributed by atoms with Crippen LogP contribution in [0.5, 0.6) is 0 Å². The smallest absolute Gasteiger partial charge is 0.0993 e. The van der Waals surface area contributed by atoms with Gasteiger partial charge in [0.05, 0.1) is 39.5 Å². The lowest BCUT2D eigenvalue weighted by Gasteiger charge is -2.06. The molecule has 17 heavy (non-hydrogen) atoms. The van der Waals surface area contributed by atoms with Gasteiger partial charge in [-0.3, -0.25) is 0 Å². The Morgan fingerprint density at radius 2 is 1.88 bits per heavy atom. The van der Waals surface area contributed by atoms with E-state index in [4.69, 9.17) is 9.47 Å². The average molecular weight is 261 g/mol. The molecule has 0 aromatic rings. The first kappa shape index (κ1) is 16.6. The van der Waals surface area contributed by atoms with Gasteiger partial charge < -0.3 is 24.7 Å². The Kier molecular flexibility index (Phi) is 13.3. The Bertz CT molecular complexity index is 181. The number of hydrogen-bond donors (Lipinski definition) is 1. The van der Waals surface area contributed by atoms with Crippen LogP contribution in [-0.4, -0.2) is 55.0 Å². The van der Waals surface area contributed by atoms with Crippen molar-refractivity contribution in [1.82, 2.24) is 0 Å². The Hall–Kier alpha value is -0.433. The van der Waals surface area contributed by atoms with Crippen LogP contribution in [0.25, 0.3) is 0 Å². The van der Waals surface area contributed by atoms with E-state index >= 15 is 0 Å². The lowest BCUT2D eigenvalue weighted by Crippen LogP contribution is -2.85. The predicted octanol–water partition coefficient (Wildman–Crippen LogP) is -1.72. The number of nitrogens with two attached hydrogens (primary N) is 1. The molecule has 0 saturated carbocycles. The molecule has 0 bridgehead atoms. The number of quaternary nitrogens is 1. The Morgan fingerprint density at radius 1 is 1.18 bits per heavy atom. The van der Waals surface area contributed by atoms with Crippen LogP contribution in [0.2, 0.25) is 12.6 Å². The van der Waals surface area contributed by atoms with E-state index in [-0.39, 0.29) is 13.0 Å². The summed E-state index contributed by atoms with van der Waals surface area (Å²) in [7, 11) is 1.05. The Labute approximate surface area is 106 Å². The van der Waals surface area contributed by atoms with Gasteiger partial charge in [-0.05, 0) is 6.42 Å². The number of rotatable bonds is 13. The van der Waals surface area contributed by atoms with Gasteiger partial charge >= 0.3 is 0 Å². The third kappa shape index (κ3) is 15.6. The highest BCUT2D eigenvalue weighted by Gasteiger charge is 1.93. The van der Waals surface area contributed by atoms with E-state index in [1.54, 1.807) is 0 Å². The molecule has 0 aliphatic carbocycles. The van der Waals surface area contributed by atoms with Crippen molar-refractivity contribution in [2.24, 2.45) is 0 Å². The molecule has 0 fully saturated rings. The molecule has 0 atom stereocenters. The van der Waals surface area contributed by atoms with Crippen molar-refractivity contribution < 1.29 is 24.7 Å². The van der Waals surface area contributed by atoms with Gasteiger partial charge in [0.15, 0.2) is 0 Å². The van der Waals surface area contributed by atoms with Crippen molar-refractivity contribution in [3.05, 3.63) is 0 Å². The second-order valence-corrected chi connectivity index (χ2v) is 4.88. The van der Waals surface area contributed by atoms with Gasteiger partial charge in [-0.2, -0.15) is 0 Å². The molecular formula is C11H23NO4Si. The summed E-state index contributed by atoms with van der Waals surface area (Å²) in [6.45, 7) is 6.27. The van der Waals surface area contributed by atoms with Gasteiger partial charge in [-0.15, -0.1) is 0 Å². The number of ether oxygens (including phenoxy) is 2. The van der Waals surface area contributed by atoms with E-state index in [1.807, 2.05) is 0 Å². The third-order valence-electron chi connectivity index (χ3n) is 2.12. The number of carboxylic acids is 1. The molecular weight excluding hydrogens is 238 g/mol. The summed E-state index contributed by atoms with van der Waals surface area (Å²) in [4.78, 5) is 10.1. The molecule has 0 spiro atoms. The molecule has 0 aliphatic rings. The monoisotopic (exact) mass is 261 g/mol. The van der Waals surface area contributed by atoms with Crippen LogP contribution in [-0.2, 0) is 14.3 Å². The van der Waals surface area contributed by atoms with Gasteiger partial charge in [0.25, 0.3) is 0 Å². The van der Waals surface area contributed by atoms with Gasteiger partial charge in [-0.1, -0.05) is 12.6 Å². The summed E-state index contributed by atoms with van der Waals surface area (Å²) in [5, 5.41) is 12.3. The maximum atomic E-state index is 10.1. The second kappa shape index (κ2) is 13.6. The summed E-state index contributed by atoms with van der Waals surface area (Å²) in [5.41, 5.74) is 0. The van der Waals surface area contributed by atoms with Gasteiger partial charge in [0, 0.05) is 21.9 Å². The highest BCUT2D eigenvalue weighted by Crippen LogP contribution is 1.82. The second-order valence-electron chi connectivity index (χ2n) is 3.67. The highest BCUT2D eigenvalue weighted by atomic mass is 28.2. The largest absolute Gasteiger partial charge is 0.550 e. The minimum absolute atomic E-state index is 0.0497. The van der Waals surface area contributed by atoms with E-state index in [2.05, 4.69) is 11.9 Å². The van der Waals surface area contributed by atoms with Crippen molar-refractivity contribution in [2.45, 2.75) is 25.4 Å². The first-order chi connectivity index (χ1) is 8.27. The molecule has 5 nitrogen and oxygen atoms in total. The van der Waals surface area contributed by atoms with E-state index in [0.717, 1.165) is 22.7 Å². The summed E-state index contributed by atoms with van der Waals surface area (Å²) in [6.07, 6.45) is 1.23. The minimum Gasteiger partial charge on any atom is -0.550 e. The Balaban J connectivity index is 2.91. The zero-order chi connectivity index (χ0) is 12.8. The molecule has 0 rings (SSSR count). The van der Waals surface area contributed by atoms with E-state index in [0.29, 0.717) is 13.2 Å². The summed E-state index contributed by atoms with van der Waals surface area (Å²) in [6, 6.07) is 1.32. The van der Waals surface area contributed by atoms with Crippen molar-refractivity contribution >= 4 is 15.5 Å². The highest BCUT2D eigenvalue weighted by molar-refractivity contribution is 6.33. The summed E-state index contributed by atoms with van der Waals surface area (Å²) < 4.78 is 10.4. The number of carbonyl (C=O) groups excluding carboxylic acids is 1. The van der Waals surface area contributed by atoms with Gasteiger partial charge in [0.1, 0.15) is 0 Å². The molecule has 100 valence electrons. The van der Waals surface area contributed by atoms with Crippen LogP contribution in [0.15, 0.2) is 0 Å². The molecule has 0 saturated heterocycles. The fourth-order valence-corrected chi connectivity index (χ4v) is 1.77. The van der Waals surface area contributed by atoms with Crippen LogP contribution in [0.4, 0.5) is 0 Å². The first-order valence-corrected chi connectivity index (χ1v) is 7.79. The SMILES string of the molecule is C[Si]CCC[NH2+]CCOCCOCCC(=O)[O-]. The van der Waals surface area contributed by atoms with Gasteiger partial charge in [0.2, 0.25) is 0 Å². The van der Waals surface area contributed by atoms with E-state index < -0.39 is 5.97 Å². The predicted molar refractivity (Wildman–Crippen MR) is 64.0 cm³/mol. The van der Waals surface area contributed by atoms with Crippen LogP contribution in [0.3, 0.4) is 0 Å². The molecule has 0 unspecified atom stereocenters. The zero-order valence-corrected chi connectivity index (χ0v) is 11.6. The lowest BCUT2D eigenvalue weighted by molar-refractivity contribution is -0.656. The first-order valence-electron chi connectivity index (χ1n) is 6.09. The summed E-state index contributed by atoms with van der Waals surface area (Å²) in [5.74, 6) is -1.08. The van der Waals surface area contributed by atoms with Crippen LogP contribution < -0.4 is 10.4 Å². The molecule has 2 radical (unpaired) electrons.